The maximum absolute atomic E-state index is 5.53. The lowest BCUT2D eigenvalue weighted by atomic mass is 9.83. The molecule has 2 heteroatoms. The quantitative estimate of drug-likeness (QED) is 0.748. The van der Waals surface area contributed by atoms with Crippen LogP contribution in [0.4, 0.5) is 0 Å². The third kappa shape index (κ3) is 5.05. The van der Waals surface area contributed by atoms with Crippen molar-refractivity contribution >= 4 is 6.08 Å². The van der Waals surface area contributed by atoms with Crippen molar-refractivity contribution < 1.29 is 4.74 Å². The highest BCUT2D eigenvalue weighted by molar-refractivity contribution is 5.55. The summed E-state index contributed by atoms with van der Waals surface area (Å²) in [4.78, 5) is 0. The summed E-state index contributed by atoms with van der Waals surface area (Å²) in [5.41, 5.74) is 2.80. The van der Waals surface area contributed by atoms with Crippen LogP contribution in [0, 0.1) is 5.92 Å². The number of likely N-dealkylation sites (N-methyl/N-ethyl adjacent to an activating group) is 1. The fraction of sp³-hybridized carbons (Fsp3) is 0.474. The molecule has 0 heterocycles. The predicted molar refractivity (Wildman–Crippen MR) is 90.6 cm³/mol. The van der Waals surface area contributed by atoms with E-state index >= 15 is 0 Å². The number of ether oxygens (including phenoxy) is 1. The molecule has 1 aliphatic carbocycles. The second-order valence-corrected chi connectivity index (χ2v) is 5.75. The third-order valence-electron chi connectivity index (χ3n) is 4.11. The Kier molecular flexibility index (Phi) is 6.55. The highest BCUT2D eigenvalue weighted by atomic mass is 16.5. The Morgan fingerprint density at radius 3 is 2.57 bits per heavy atom. The molecule has 2 rings (SSSR count). The maximum Gasteiger partial charge on any atom is 0.119 e. The van der Waals surface area contributed by atoms with Crippen LogP contribution < -0.4 is 10.1 Å². The Labute approximate surface area is 128 Å². The SMILES string of the molecule is C=CCOc1ccc(/C=C(/CNC)C2CCCCC2)cc1. The van der Waals surface area contributed by atoms with Crippen molar-refractivity contribution in [1.82, 2.24) is 5.32 Å². The standard InChI is InChI=1S/C19H27NO/c1-3-13-21-19-11-9-16(10-12-19)14-18(15-20-2)17-7-5-4-6-8-17/h3,9-12,14,17,20H,1,4-8,13,15H2,2H3/b18-14-. The number of hydrogen-bond acceptors (Lipinski definition) is 2. The van der Waals surface area contributed by atoms with E-state index in [0.717, 1.165) is 18.2 Å². The minimum atomic E-state index is 0.558. The molecule has 0 radical (unpaired) electrons. The molecule has 0 aliphatic heterocycles. The Bertz CT molecular complexity index is 455. The van der Waals surface area contributed by atoms with Crippen LogP contribution in [0.1, 0.15) is 37.7 Å². The fourth-order valence-corrected chi connectivity index (χ4v) is 3.02. The molecule has 0 atom stereocenters. The normalized spacial score (nSPS) is 16.7. The maximum atomic E-state index is 5.53. The van der Waals surface area contributed by atoms with Gasteiger partial charge in [0.15, 0.2) is 0 Å². The van der Waals surface area contributed by atoms with Gasteiger partial charge in [0.1, 0.15) is 12.4 Å². The van der Waals surface area contributed by atoms with Crippen LogP contribution in [0.15, 0.2) is 42.5 Å². The van der Waals surface area contributed by atoms with Crippen molar-refractivity contribution in [3.8, 4) is 5.75 Å². The number of rotatable bonds is 7. The van der Waals surface area contributed by atoms with Gasteiger partial charge in [0.2, 0.25) is 0 Å². The van der Waals surface area contributed by atoms with Gasteiger partial charge in [-0.3, -0.25) is 0 Å². The van der Waals surface area contributed by atoms with Crippen molar-refractivity contribution in [1.29, 1.82) is 0 Å². The van der Waals surface area contributed by atoms with Crippen LogP contribution in [0.2, 0.25) is 0 Å². The van der Waals surface area contributed by atoms with Gasteiger partial charge in [0.25, 0.3) is 0 Å². The average Bonchev–Trinajstić information content (AvgIpc) is 2.54. The molecular weight excluding hydrogens is 258 g/mol. The predicted octanol–water partition coefficient (Wildman–Crippen LogP) is 4.43. The van der Waals surface area contributed by atoms with Crippen LogP contribution in [0.5, 0.6) is 5.75 Å². The first kappa shape index (κ1) is 15.8. The Morgan fingerprint density at radius 2 is 1.95 bits per heavy atom. The van der Waals surface area contributed by atoms with E-state index < -0.39 is 0 Å². The van der Waals surface area contributed by atoms with Gasteiger partial charge >= 0.3 is 0 Å². The molecule has 1 aliphatic rings. The Balaban J connectivity index is 2.07. The molecule has 0 amide bonds. The number of nitrogens with one attached hydrogen (secondary N) is 1. The molecular formula is C19H27NO. The Hall–Kier alpha value is -1.54. The van der Waals surface area contributed by atoms with Crippen molar-refractivity contribution in [3.63, 3.8) is 0 Å². The summed E-state index contributed by atoms with van der Waals surface area (Å²) < 4.78 is 5.53. The van der Waals surface area contributed by atoms with E-state index in [1.807, 2.05) is 19.2 Å². The topological polar surface area (TPSA) is 21.3 Å². The van der Waals surface area contributed by atoms with Gasteiger partial charge in [-0.25, -0.2) is 0 Å². The first-order valence-corrected chi connectivity index (χ1v) is 8.02. The molecule has 0 spiro atoms. The molecule has 1 aromatic carbocycles. The van der Waals surface area contributed by atoms with E-state index in [1.54, 1.807) is 6.08 Å². The number of hydrogen-bond donors (Lipinski definition) is 1. The summed E-state index contributed by atoms with van der Waals surface area (Å²) in [6.45, 7) is 5.21. The largest absolute Gasteiger partial charge is 0.490 e. The highest BCUT2D eigenvalue weighted by Gasteiger charge is 2.17. The highest BCUT2D eigenvalue weighted by Crippen LogP contribution is 2.30. The monoisotopic (exact) mass is 285 g/mol. The molecule has 1 fully saturated rings. The molecule has 21 heavy (non-hydrogen) atoms. The first-order valence-electron chi connectivity index (χ1n) is 8.02. The van der Waals surface area contributed by atoms with Crippen molar-refractivity contribution in [2.45, 2.75) is 32.1 Å². The summed E-state index contributed by atoms with van der Waals surface area (Å²) in [7, 11) is 2.03. The third-order valence-corrected chi connectivity index (χ3v) is 4.11. The minimum Gasteiger partial charge on any atom is -0.490 e. The van der Waals surface area contributed by atoms with Crippen LogP contribution in [-0.2, 0) is 0 Å². The zero-order chi connectivity index (χ0) is 14.9. The van der Waals surface area contributed by atoms with Gasteiger partial charge in [-0.2, -0.15) is 0 Å². The summed E-state index contributed by atoms with van der Waals surface area (Å²) in [5.74, 6) is 1.66. The molecule has 0 unspecified atom stereocenters. The van der Waals surface area contributed by atoms with E-state index in [4.69, 9.17) is 4.74 Å². The van der Waals surface area contributed by atoms with Crippen LogP contribution in [0.3, 0.4) is 0 Å². The molecule has 2 nitrogen and oxygen atoms in total. The van der Waals surface area contributed by atoms with Crippen molar-refractivity contribution in [2.75, 3.05) is 20.2 Å². The minimum absolute atomic E-state index is 0.558. The van der Waals surface area contributed by atoms with Gasteiger partial charge in [0, 0.05) is 6.54 Å². The van der Waals surface area contributed by atoms with Gasteiger partial charge in [0.05, 0.1) is 0 Å². The smallest absolute Gasteiger partial charge is 0.119 e. The van der Waals surface area contributed by atoms with Crippen molar-refractivity contribution in [2.24, 2.45) is 5.92 Å². The summed E-state index contributed by atoms with van der Waals surface area (Å²) in [6, 6.07) is 8.34. The summed E-state index contributed by atoms with van der Waals surface area (Å²) in [5, 5.41) is 3.32. The van der Waals surface area contributed by atoms with Crippen LogP contribution in [0.25, 0.3) is 6.08 Å². The van der Waals surface area contributed by atoms with E-state index in [0.29, 0.717) is 6.61 Å². The molecule has 0 saturated heterocycles. The van der Waals surface area contributed by atoms with E-state index in [9.17, 15) is 0 Å². The fourth-order valence-electron chi connectivity index (χ4n) is 3.02. The average molecular weight is 285 g/mol. The second kappa shape index (κ2) is 8.68. The van der Waals surface area contributed by atoms with Crippen LogP contribution >= 0.6 is 0 Å². The number of benzene rings is 1. The summed E-state index contributed by atoms with van der Waals surface area (Å²) in [6.07, 6.45) is 11.0. The molecule has 114 valence electrons. The Morgan fingerprint density at radius 1 is 1.24 bits per heavy atom. The van der Waals surface area contributed by atoms with Gasteiger partial charge in [-0.15, -0.1) is 0 Å². The molecule has 1 saturated carbocycles. The van der Waals surface area contributed by atoms with Gasteiger partial charge in [-0.1, -0.05) is 55.7 Å². The van der Waals surface area contributed by atoms with Crippen LogP contribution in [-0.4, -0.2) is 20.2 Å². The zero-order valence-electron chi connectivity index (χ0n) is 13.1. The molecule has 1 N–H and O–H groups in total. The second-order valence-electron chi connectivity index (χ2n) is 5.75. The molecule has 0 aromatic heterocycles. The van der Waals surface area contributed by atoms with Crippen molar-refractivity contribution in [3.05, 3.63) is 48.1 Å². The molecule has 0 bridgehead atoms. The zero-order valence-corrected chi connectivity index (χ0v) is 13.1. The van der Waals surface area contributed by atoms with E-state index in [2.05, 4.69) is 30.1 Å². The summed E-state index contributed by atoms with van der Waals surface area (Å²) >= 11 is 0. The first-order chi connectivity index (χ1) is 10.3. The lowest BCUT2D eigenvalue weighted by Gasteiger charge is -2.24. The lowest BCUT2D eigenvalue weighted by molar-refractivity contribution is 0.363. The van der Waals surface area contributed by atoms with Gasteiger partial charge < -0.3 is 10.1 Å². The van der Waals surface area contributed by atoms with Gasteiger partial charge in [-0.05, 0) is 43.5 Å². The molecule has 1 aromatic rings. The lowest BCUT2D eigenvalue weighted by Crippen LogP contribution is -2.19. The van der Waals surface area contributed by atoms with E-state index in [1.165, 1.54) is 43.2 Å². The van der Waals surface area contributed by atoms with E-state index in [-0.39, 0.29) is 0 Å².